The summed E-state index contributed by atoms with van der Waals surface area (Å²) in [6.07, 6.45) is 7.09. The number of phenols is 2. The molecule has 0 heterocycles. The Balaban J connectivity index is 2.56. The first-order valence-corrected chi connectivity index (χ1v) is 6.31. The Hall–Kier alpha value is -2.03. The highest BCUT2D eigenvalue weighted by Crippen LogP contribution is 2.23. The Morgan fingerprint density at radius 3 is 2.63 bits per heavy atom. The van der Waals surface area contributed by atoms with E-state index in [9.17, 15) is 15.0 Å². The Kier molecular flexibility index (Phi) is 5.86. The van der Waals surface area contributed by atoms with Gasteiger partial charge in [-0.2, -0.15) is 0 Å². The van der Waals surface area contributed by atoms with Gasteiger partial charge < -0.3 is 10.2 Å². The third-order valence-corrected chi connectivity index (χ3v) is 2.92. The zero-order chi connectivity index (χ0) is 14.3. The van der Waals surface area contributed by atoms with Crippen molar-refractivity contribution in [1.29, 1.82) is 0 Å². The summed E-state index contributed by atoms with van der Waals surface area (Å²) in [4.78, 5) is 10.4. The maximum Gasteiger partial charge on any atom is 0.145 e. The highest BCUT2D eigenvalue weighted by molar-refractivity contribution is 5.71. The maximum atomic E-state index is 10.4. The Morgan fingerprint density at radius 2 is 1.95 bits per heavy atom. The van der Waals surface area contributed by atoms with E-state index in [0.29, 0.717) is 12.0 Å². The highest BCUT2D eigenvalue weighted by atomic mass is 16.3. The summed E-state index contributed by atoms with van der Waals surface area (Å²) in [5.41, 5.74) is 2.65. The number of aldehydes is 1. The number of hydrogen-bond donors (Lipinski definition) is 2. The fourth-order valence-electron chi connectivity index (χ4n) is 1.70. The van der Waals surface area contributed by atoms with Crippen LogP contribution in [0.1, 0.15) is 32.3 Å². The molecular weight excluding hydrogens is 240 g/mol. The Labute approximate surface area is 113 Å². The molecular formula is C16H20O3. The minimum atomic E-state index is 0.156. The van der Waals surface area contributed by atoms with E-state index in [1.54, 1.807) is 13.0 Å². The van der Waals surface area contributed by atoms with E-state index in [1.807, 2.05) is 19.1 Å². The van der Waals surface area contributed by atoms with Gasteiger partial charge in [-0.1, -0.05) is 17.7 Å². The molecule has 0 bridgehead atoms. The van der Waals surface area contributed by atoms with Gasteiger partial charge in [-0.25, -0.2) is 0 Å². The van der Waals surface area contributed by atoms with Crippen LogP contribution in [0.5, 0.6) is 11.5 Å². The molecule has 0 aromatic heterocycles. The third-order valence-electron chi connectivity index (χ3n) is 2.92. The van der Waals surface area contributed by atoms with Crippen molar-refractivity contribution < 1.29 is 15.0 Å². The van der Waals surface area contributed by atoms with Gasteiger partial charge in [-0.05, 0) is 56.9 Å². The van der Waals surface area contributed by atoms with Crippen LogP contribution >= 0.6 is 0 Å². The number of carbonyl (C=O) groups excluding carboxylic acids is 1. The number of carbonyl (C=O) groups is 1. The molecule has 0 radical (unpaired) electrons. The number of phenolic OH excluding ortho intramolecular Hbond substituents is 2. The van der Waals surface area contributed by atoms with E-state index in [2.05, 4.69) is 0 Å². The molecule has 0 spiro atoms. The SMILES string of the molecule is CC(C=O)=CCCC(C)=CCc1cc(O)ccc1O. The highest BCUT2D eigenvalue weighted by Gasteiger charge is 2.01. The molecule has 0 unspecified atom stereocenters. The number of allylic oxidation sites excluding steroid dienone is 4. The van der Waals surface area contributed by atoms with Crippen molar-refractivity contribution >= 4 is 6.29 Å². The quantitative estimate of drug-likeness (QED) is 0.356. The molecule has 1 aromatic carbocycles. The molecule has 0 fully saturated rings. The molecule has 0 aliphatic heterocycles. The summed E-state index contributed by atoms with van der Waals surface area (Å²) in [5, 5.41) is 19.0. The fraction of sp³-hybridized carbons (Fsp3) is 0.312. The van der Waals surface area contributed by atoms with Gasteiger partial charge in [0.1, 0.15) is 17.8 Å². The van der Waals surface area contributed by atoms with Gasteiger partial charge in [0.15, 0.2) is 0 Å². The number of rotatable bonds is 6. The molecule has 0 atom stereocenters. The summed E-state index contributed by atoms with van der Waals surface area (Å²) < 4.78 is 0. The monoisotopic (exact) mass is 260 g/mol. The molecule has 19 heavy (non-hydrogen) atoms. The summed E-state index contributed by atoms with van der Waals surface area (Å²) in [5.74, 6) is 0.349. The minimum Gasteiger partial charge on any atom is -0.508 e. The largest absolute Gasteiger partial charge is 0.508 e. The van der Waals surface area contributed by atoms with Crippen molar-refractivity contribution in [2.45, 2.75) is 33.1 Å². The normalized spacial score (nSPS) is 12.5. The fourth-order valence-corrected chi connectivity index (χ4v) is 1.70. The van der Waals surface area contributed by atoms with E-state index in [-0.39, 0.29) is 11.5 Å². The molecule has 1 aromatic rings. The topological polar surface area (TPSA) is 57.5 Å². The first-order chi connectivity index (χ1) is 9.02. The molecule has 0 aliphatic rings. The van der Waals surface area contributed by atoms with Gasteiger partial charge in [0.25, 0.3) is 0 Å². The van der Waals surface area contributed by atoms with Crippen molar-refractivity contribution in [1.82, 2.24) is 0 Å². The van der Waals surface area contributed by atoms with Crippen LogP contribution in [0, 0.1) is 0 Å². The zero-order valence-electron chi connectivity index (χ0n) is 11.4. The lowest BCUT2D eigenvalue weighted by molar-refractivity contribution is -0.104. The average Bonchev–Trinajstić information content (AvgIpc) is 2.39. The van der Waals surface area contributed by atoms with Crippen LogP contribution in [-0.2, 0) is 11.2 Å². The summed E-state index contributed by atoms with van der Waals surface area (Å²) in [6, 6.07) is 4.52. The molecule has 0 saturated heterocycles. The predicted octanol–water partition coefficient (Wildman–Crippen LogP) is 3.51. The standard InChI is InChI=1S/C16H20O3/c1-12(4-3-5-13(2)11-17)6-7-14-10-15(18)8-9-16(14)19/h5-6,8-11,18-19H,3-4,7H2,1-2H3. The van der Waals surface area contributed by atoms with Gasteiger partial charge in [-0.15, -0.1) is 0 Å². The van der Waals surface area contributed by atoms with Crippen molar-refractivity contribution in [3.63, 3.8) is 0 Å². The lowest BCUT2D eigenvalue weighted by Gasteiger charge is -2.03. The zero-order valence-corrected chi connectivity index (χ0v) is 11.4. The first kappa shape index (κ1) is 15.0. The van der Waals surface area contributed by atoms with Gasteiger partial charge in [-0.3, -0.25) is 4.79 Å². The second-order valence-corrected chi connectivity index (χ2v) is 4.67. The molecule has 3 nitrogen and oxygen atoms in total. The van der Waals surface area contributed by atoms with E-state index < -0.39 is 0 Å². The van der Waals surface area contributed by atoms with Gasteiger partial charge in [0.2, 0.25) is 0 Å². The van der Waals surface area contributed by atoms with Crippen molar-refractivity contribution in [2.75, 3.05) is 0 Å². The average molecular weight is 260 g/mol. The molecule has 0 amide bonds. The summed E-state index contributed by atoms with van der Waals surface area (Å²) >= 11 is 0. The number of hydrogen-bond acceptors (Lipinski definition) is 3. The van der Waals surface area contributed by atoms with Crippen LogP contribution in [0.15, 0.2) is 41.5 Å². The first-order valence-electron chi connectivity index (χ1n) is 6.31. The van der Waals surface area contributed by atoms with E-state index in [0.717, 1.165) is 24.7 Å². The lowest BCUT2D eigenvalue weighted by Crippen LogP contribution is -1.85. The van der Waals surface area contributed by atoms with Crippen LogP contribution in [0.25, 0.3) is 0 Å². The second-order valence-electron chi connectivity index (χ2n) is 4.67. The summed E-state index contributed by atoms with van der Waals surface area (Å²) in [6.45, 7) is 3.81. The molecule has 0 aliphatic carbocycles. The van der Waals surface area contributed by atoms with Crippen LogP contribution in [-0.4, -0.2) is 16.5 Å². The van der Waals surface area contributed by atoms with Crippen molar-refractivity contribution in [3.05, 3.63) is 47.1 Å². The van der Waals surface area contributed by atoms with Crippen molar-refractivity contribution in [2.24, 2.45) is 0 Å². The molecule has 2 N–H and O–H groups in total. The van der Waals surface area contributed by atoms with Crippen LogP contribution in [0.2, 0.25) is 0 Å². The molecule has 3 heteroatoms. The van der Waals surface area contributed by atoms with Crippen LogP contribution in [0.4, 0.5) is 0 Å². The van der Waals surface area contributed by atoms with Gasteiger partial charge in [0, 0.05) is 5.56 Å². The minimum absolute atomic E-state index is 0.156. The van der Waals surface area contributed by atoms with Gasteiger partial charge in [0.05, 0.1) is 0 Å². The lowest BCUT2D eigenvalue weighted by atomic mass is 10.1. The van der Waals surface area contributed by atoms with E-state index in [1.165, 1.54) is 17.7 Å². The van der Waals surface area contributed by atoms with Crippen LogP contribution < -0.4 is 0 Å². The molecule has 0 saturated carbocycles. The second kappa shape index (κ2) is 7.41. The van der Waals surface area contributed by atoms with E-state index in [4.69, 9.17) is 0 Å². The Morgan fingerprint density at radius 1 is 1.21 bits per heavy atom. The Bertz CT molecular complexity index is 499. The maximum absolute atomic E-state index is 10.4. The van der Waals surface area contributed by atoms with Gasteiger partial charge >= 0.3 is 0 Å². The van der Waals surface area contributed by atoms with E-state index >= 15 is 0 Å². The third kappa shape index (κ3) is 5.42. The molecule has 102 valence electrons. The summed E-state index contributed by atoms with van der Waals surface area (Å²) in [7, 11) is 0. The number of benzene rings is 1. The predicted molar refractivity (Wildman–Crippen MR) is 76.3 cm³/mol. The smallest absolute Gasteiger partial charge is 0.145 e. The van der Waals surface area contributed by atoms with Crippen LogP contribution in [0.3, 0.4) is 0 Å². The molecule has 1 rings (SSSR count). The number of aromatic hydroxyl groups is 2. The van der Waals surface area contributed by atoms with Crippen molar-refractivity contribution in [3.8, 4) is 11.5 Å².